The number of urea groups is 1. The van der Waals surface area contributed by atoms with Gasteiger partial charge in [-0.3, -0.25) is 9.59 Å². The van der Waals surface area contributed by atoms with Gasteiger partial charge in [-0.25, -0.2) is 0 Å². The maximum absolute atomic E-state index is 11.2. The average molecular weight is 237 g/mol. The zero-order valence-corrected chi connectivity index (χ0v) is 8.38. The SMILES string of the molecule is [N-]=[N+]=NC(=O)Nc1ccsc1C(=O)N=[N+]=[N-]. The molecule has 1 heterocycles. The number of anilines is 1. The molecular weight excluding hydrogens is 234 g/mol. The molecule has 0 bridgehead atoms. The minimum absolute atomic E-state index is 0.0688. The summed E-state index contributed by atoms with van der Waals surface area (Å²) in [6.07, 6.45) is 0. The summed E-state index contributed by atoms with van der Waals surface area (Å²) < 4.78 is 0. The maximum atomic E-state index is 11.2. The summed E-state index contributed by atoms with van der Waals surface area (Å²) in [4.78, 5) is 26.8. The Morgan fingerprint density at radius 2 is 2.00 bits per heavy atom. The number of rotatable bonds is 2. The predicted molar refractivity (Wildman–Crippen MR) is 56.0 cm³/mol. The molecule has 1 N–H and O–H groups in total. The van der Waals surface area contributed by atoms with Gasteiger partial charge in [0.15, 0.2) is 0 Å². The first-order valence-corrected chi connectivity index (χ1v) is 4.60. The Kier molecular flexibility index (Phi) is 3.87. The molecule has 1 aromatic heterocycles. The van der Waals surface area contributed by atoms with E-state index in [1.54, 1.807) is 0 Å². The first-order valence-electron chi connectivity index (χ1n) is 3.72. The third-order valence-corrected chi connectivity index (χ3v) is 2.27. The van der Waals surface area contributed by atoms with Crippen LogP contribution in [-0.4, -0.2) is 11.9 Å². The van der Waals surface area contributed by atoms with Gasteiger partial charge in [0.25, 0.3) is 5.91 Å². The molecule has 0 aliphatic heterocycles. The fourth-order valence-corrected chi connectivity index (χ4v) is 1.57. The van der Waals surface area contributed by atoms with Crippen LogP contribution in [0.15, 0.2) is 21.7 Å². The van der Waals surface area contributed by atoms with E-state index in [1.165, 1.54) is 11.4 Å². The maximum Gasteiger partial charge on any atom is 0.312 e. The molecule has 9 nitrogen and oxygen atoms in total. The van der Waals surface area contributed by atoms with Crippen LogP contribution in [0.3, 0.4) is 0 Å². The number of hydrogen-bond donors (Lipinski definition) is 1. The minimum atomic E-state index is -0.948. The standard InChI is InChI=1S/C6H3N7O2S/c7-12-10-5(14)4-3(1-2-16-4)9-6(15)11-13-8/h1-2H,(H,9,15). The molecule has 0 fully saturated rings. The van der Waals surface area contributed by atoms with Crippen LogP contribution in [0.25, 0.3) is 20.9 Å². The van der Waals surface area contributed by atoms with Crippen LogP contribution in [-0.2, 0) is 0 Å². The molecule has 0 aliphatic carbocycles. The zero-order chi connectivity index (χ0) is 12.0. The van der Waals surface area contributed by atoms with E-state index in [0.717, 1.165) is 11.3 Å². The zero-order valence-electron chi connectivity index (χ0n) is 7.56. The highest BCUT2D eigenvalue weighted by molar-refractivity contribution is 7.12. The van der Waals surface area contributed by atoms with Crippen molar-refractivity contribution in [3.05, 3.63) is 37.2 Å². The Labute approximate surface area is 91.9 Å². The molecule has 16 heavy (non-hydrogen) atoms. The second kappa shape index (κ2) is 5.37. The molecule has 0 aromatic carbocycles. The molecule has 0 aliphatic rings. The van der Waals surface area contributed by atoms with Gasteiger partial charge in [-0.15, -0.1) is 11.3 Å². The van der Waals surface area contributed by atoms with Crippen molar-refractivity contribution in [1.29, 1.82) is 0 Å². The van der Waals surface area contributed by atoms with Gasteiger partial charge in [0.1, 0.15) is 4.88 Å². The van der Waals surface area contributed by atoms with Gasteiger partial charge in [0.05, 0.1) is 5.69 Å². The third-order valence-electron chi connectivity index (χ3n) is 1.37. The normalized spacial score (nSPS) is 8.50. The molecule has 0 unspecified atom stereocenters. The highest BCUT2D eigenvalue weighted by Crippen LogP contribution is 2.23. The van der Waals surface area contributed by atoms with E-state index in [9.17, 15) is 9.59 Å². The van der Waals surface area contributed by atoms with Crippen molar-refractivity contribution in [2.45, 2.75) is 0 Å². The van der Waals surface area contributed by atoms with E-state index in [4.69, 9.17) is 11.1 Å². The molecule has 1 rings (SSSR count). The summed E-state index contributed by atoms with van der Waals surface area (Å²) in [5.74, 6) is -0.811. The van der Waals surface area contributed by atoms with Crippen molar-refractivity contribution >= 4 is 29.0 Å². The summed E-state index contributed by atoms with van der Waals surface area (Å²) >= 11 is 0.994. The molecule has 80 valence electrons. The second-order valence-electron chi connectivity index (χ2n) is 2.28. The van der Waals surface area contributed by atoms with Crippen LogP contribution in [0.1, 0.15) is 9.67 Å². The molecular formula is C6H3N7O2S. The lowest BCUT2D eigenvalue weighted by molar-refractivity contribution is 0.100. The number of nitrogens with one attached hydrogen (secondary N) is 1. The van der Waals surface area contributed by atoms with Crippen LogP contribution >= 0.6 is 11.3 Å². The largest absolute Gasteiger partial charge is 0.319 e. The highest BCUT2D eigenvalue weighted by atomic mass is 32.1. The monoisotopic (exact) mass is 237 g/mol. The van der Waals surface area contributed by atoms with E-state index in [1.807, 2.05) is 0 Å². The van der Waals surface area contributed by atoms with Crippen molar-refractivity contribution in [1.82, 2.24) is 0 Å². The topological polar surface area (TPSA) is 144 Å². The van der Waals surface area contributed by atoms with Gasteiger partial charge >= 0.3 is 6.03 Å². The number of nitrogens with zero attached hydrogens (tertiary/aromatic N) is 6. The Balaban J connectivity index is 2.94. The first kappa shape index (κ1) is 11.5. The van der Waals surface area contributed by atoms with Gasteiger partial charge in [-0.05, 0) is 27.6 Å². The third kappa shape index (κ3) is 2.72. The van der Waals surface area contributed by atoms with Crippen molar-refractivity contribution in [2.75, 3.05) is 5.32 Å². The molecule has 0 atom stereocenters. The first-order chi connectivity index (χ1) is 7.69. The van der Waals surface area contributed by atoms with Gasteiger partial charge in [-0.2, -0.15) is 0 Å². The van der Waals surface area contributed by atoms with E-state index >= 15 is 0 Å². The molecule has 0 saturated heterocycles. The summed E-state index contributed by atoms with van der Waals surface area (Å²) in [6.45, 7) is 0. The highest BCUT2D eigenvalue weighted by Gasteiger charge is 2.12. The fourth-order valence-electron chi connectivity index (χ4n) is 0.840. The predicted octanol–water partition coefficient (Wildman–Crippen LogP) is 3.04. The van der Waals surface area contributed by atoms with E-state index < -0.39 is 11.9 Å². The number of carbonyl (C=O) groups excluding carboxylic acids is 2. The fraction of sp³-hybridized carbons (Fsp3) is 0. The lowest BCUT2D eigenvalue weighted by Crippen LogP contribution is -2.07. The smallest absolute Gasteiger partial charge is 0.312 e. The summed E-state index contributed by atoms with van der Waals surface area (Å²) in [5, 5.41) is 9.34. The Bertz CT molecular complexity index is 523. The van der Waals surface area contributed by atoms with E-state index in [2.05, 4.69) is 25.4 Å². The van der Waals surface area contributed by atoms with Crippen LogP contribution in [0.2, 0.25) is 0 Å². The van der Waals surface area contributed by atoms with Crippen LogP contribution in [0, 0.1) is 0 Å². The lowest BCUT2D eigenvalue weighted by Gasteiger charge is -1.99. The van der Waals surface area contributed by atoms with Crippen LogP contribution in [0.4, 0.5) is 10.5 Å². The van der Waals surface area contributed by atoms with Gasteiger partial charge < -0.3 is 5.32 Å². The number of carbonyl (C=O) groups is 2. The minimum Gasteiger partial charge on any atom is -0.319 e. The molecule has 3 amide bonds. The van der Waals surface area contributed by atoms with Gasteiger partial charge in [0.2, 0.25) is 0 Å². The Hall–Kier alpha value is -2.54. The number of azide groups is 2. The van der Waals surface area contributed by atoms with Crippen LogP contribution in [0.5, 0.6) is 0 Å². The van der Waals surface area contributed by atoms with Crippen molar-refractivity contribution < 1.29 is 9.59 Å². The number of amides is 3. The quantitative estimate of drug-likeness (QED) is 0.478. The average Bonchev–Trinajstić information content (AvgIpc) is 2.66. The summed E-state index contributed by atoms with van der Waals surface area (Å²) in [6, 6.07) is 0.478. The summed E-state index contributed by atoms with van der Waals surface area (Å²) in [7, 11) is 0. The van der Waals surface area contributed by atoms with Crippen LogP contribution < -0.4 is 5.32 Å². The van der Waals surface area contributed by atoms with Crippen molar-refractivity contribution in [3.63, 3.8) is 0 Å². The summed E-state index contributed by atoms with van der Waals surface area (Å²) in [5.41, 5.74) is 16.2. The van der Waals surface area contributed by atoms with Crippen molar-refractivity contribution in [2.24, 2.45) is 10.2 Å². The molecule has 10 heteroatoms. The molecule has 1 aromatic rings. The van der Waals surface area contributed by atoms with E-state index in [-0.39, 0.29) is 10.6 Å². The molecule has 0 saturated carbocycles. The molecule has 0 spiro atoms. The van der Waals surface area contributed by atoms with Gasteiger partial charge in [-0.1, -0.05) is 0 Å². The molecule has 0 radical (unpaired) electrons. The second-order valence-corrected chi connectivity index (χ2v) is 3.19. The van der Waals surface area contributed by atoms with Crippen molar-refractivity contribution in [3.8, 4) is 0 Å². The van der Waals surface area contributed by atoms with Gasteiger partial charge in [0, 0.05) is 14.9 Å². The Morgan fingerprint density at radius 3 is 2.62 bits per heavy atom. The number of hydrogen-bond acceptors (Lipinski definition) is 3. The Morgan fingerprint density at radius 1 is 1.31 bits per heavy atom. The number of thiophene rings is 1. The van der Waals surface area contributed by atoms with E-state index in [0.29, 0.717) is 0 Å². The lowest BCUT2D eigenvalue weighted by atomic mass is 10.4.